The van der Waals surface area contributed by atoms with Crippen LogP contribution in [-0.4, -0.2) is 37.8 Å². The van der Waals surface area contributed by atoms with Crippen LogP contribution in [0.4, 0.5) is 0 Å². The Labute approximate surface area is 92.2 Å². The number of thioether (sulfide) groups is 1. The van der Waals surface area contributed by atoms with Crippen molar-refractivity contribution < 1.29 is 4.74 Å². The third kappa shape index (κ3) is 5.89. The second kappa shape index (κ2) is 8.57. The van der Waals surface area contributed by atoms with E-state index >= 15 is 0 Å². The average Bonchev–Trinajstić information content (AvgIpc) is 2.25. The van der Waals surface area contributed by atoms with E-state index in [9.17, 15) is 0 Å². The van der Waals surface area contributed by atoms with E-state index in [4.69, 9.17) is 4.74 Å². The predicted molar refractivity (Wildman–Crippen MR) is 64.0 cm³/mol. The first-order valence-electron chi connectivity index (χ1n) is 5.79. The van der Waals surface area contributed by atoms with Crippen molar-refractivity contribution in [1.29, 1.82) is 0 Å². The molecule has 1 aliphatic heterocycles. The van der Waals surface area contributed by atoms with Crippen molar-refractivity contribution in [2.45, 2.75) is 26.2 Å². The summed E-state index contributed by atoms with van der Waals surface area (Å²) >= 11 is 1.96. The van der Waals surface area contributed by atoms with Gasteiger partial charge in [0.05, 0.1) is 6.61 Å². The molecule has 0 aliphatic carbocycles. The molecule has 0 aromatic rings. The smallest absolute Gasteiger partial charge is 0.0556 e. The molecule has 1 unspecified atom stereocenters. The van der Waals surface area contributed by atoms with Crippen LogP contribution >= 0.6 is 11.8 Å². The lowest BCUT2D eigenvalue weighted by atomic mass is 9.97. The van der Waals surface area contributed by atoms with Gasteiger partial charge >= 0.3 is 0 Å². The molecule has 14 heavy (non-hydrogen) atoms. The Kier molecular flexibility index (Phi) is 7.55. The largest absolute Gasteiger partial charge is 0.381 e. The summed E-state index contributed by atoms with van der Waals surface area (Å²) in [5.41, 5.74) is 0. The van der Waals surface area contributed by atoms with Gasteiger partial charge in [-0.15, -0.1) is 0 Å². The van der Waals surface area contributed by atoms with Gasteiger partial charge < -0.3 is 10.1 Å². The summed E-state index contributed by atoms with van der Waals surface area (Å²) in [6, 6.07) is 0. The van der Waals surface area contributed by atoms with Gasteiger partial charge in [0, 0.05) is 12.4 Å². The van der Waals surface area contributed by atoms with E-state index < -0.39 is 0 Å². The van der Waals surface area contributed by atoms with Crippen LogP contribution in [0, 0.1) is 5.92 Å². The summed E-state index contributed by atoms with van der Waals surface area (Å²) in [4.78, 5) is 0. The van der Waals surface area contributed by atoms with Gasteiger partial charge in [-0.05, 0) is 44.0 Å². The molecule has 1 N–H and O–H groups in total. The van der Waals surface area contributed by atoms with Gasteiger partial charge in [0.15, 0.2) is 0 Å². The molecule has 0 aromatic heterocycles. The molecule has 1 atom stereocenters. The molecule has 0 spiro atoms. The van der Waals surface area contributed by atoms with Gasteiger partial charge in [0.25, 0.3) is 0 Å². The molecule has 1 heterocycles. The fraction of sp³-hybridized carbons (Fsp3) is 1.00. The Morgan fingerprint density at radius 2 is 2.36 bits per heavy atom. The molecule has 1 aliphatic rings. The minimum absolute atomic E-state index is 0.863. The van der Waals surface area contributed by atoms with Gasteiger partial charge in [-0.25, -0.2) is 0 Å². The van der Waals surface area contributed by atoms with Crippen LogP contribution in [0.3, 0.4) is 0 Å². The lowest BCUT2D eigenvalue weighted by molar-refractivity contribution is 0.129. The van der Waals surface area contributed by atoms with Gasteiger partial charge in [0.1, 0.15) is 0 Å². The number of piperidine rings is 1. The molecule has 0 amide bonds. The van der Waals surface area contributed by atoms with E-state index in [-0.39, 0.29) is 0 Å². The molecule has 0 aromatic carbocycles. The number of hydrogen-bond acceptors (Lipinski definition) is 3. The summed E-state index contributed by atoms with van der Waals surface area (Å²) in [7, 11) is 0. The number of nitrogens with one attached hydrogen (secondary N) is 1. The molecule has 1 saturated heterocycles. The first-order valence-corrected chi connectivity index (χ1v) is 6.95. The lowest BCUT2D eigenvalue weighted by Gasteiger charge is -2.22. The fourth-order valence-electron chi connectivity index (χ4n) is 1.78. The topological polar surface area (TPSA) is 21.3 Å². The van der Waals surface area contributed by atoms with Crippen LogP contribution in [0.2, 0.25) is 0 Å². The van der Waals surface area contributed by atoms with E-state index in [2.05, 4.69) is 12.2 Å². The number of rotatable bonds is 7. The van der Waals surface area contributed by atoms with E-state index in [0.717, 1.165) is 24.9 Å². The highest BCUT2D eigenvalue weighted by atomic mass is 32.2. The molecule has 2 nitrogen and oxygen atoms in total. The van der Waals surface area contributed by atoms with Gasteiger partial charge in [-0.2, -0.15) is 11.8 Å². The maximum atomic E-state index is 5.59. The molecule has 0 saturated carbocycles. The highest BCUT2D eigenvalue weighted by Gasteiger charge is 2.11. The Hall–Kier alpha value is 0.270. The lowest BCUT2D eigenvalue weighted by Crippen LogP contribution is -2.30. The highest BCUT2D eigenvalue weighted by molar-refractivity contribution is 7.99. The van der Waals surface area contributed by atoms with Gasteiger partial charge in [0.2, 0.25) is 0 Å². The molecule has 3 heteroatoms. The summed E-state index contributed by atoms with van der Waals surface area (Å²) in [5.74, 6) is 3.22. The Morgan fingerprint density at radius 1 is 1.43 bits per heavy atom. The Balaban J connectivity index is 1.82. The summed E-state index contributed by atoms with van der Waals surface area (Å²) in [6.45, 7) is 6.49. The second-order valence-corrected chi connectivity index (χ2v) is 5.20. The molecule has 0 radical (unpaired) electrons. The Bertz CT molecular complexity index is 126. The van der Waals surface area contributed by atoms with Crippen molar-refractivity contribution in [2.75, 3.05) is 37.8 Å². The maximum Gasteiger partial charge on any atom is 0.0556 e. The summed E-state index contributed by atoms with van der Waals surface area (Å²) in [5, 5.41) is 3.44. The van der Waals surface area contributed by atoms with Crippen LogP contribution in [0.15, 0.2) is 0 Å². The maximum absolute atomic E-state index is 5.59. The van der Waals surface area contributed by atoms with Crippen LogP contribution < -0.4 is 5.32 Å². The highest BCUT2D eigenvalue weighted by Crippen LogP contribution is 2.13. The van der Waals surface area contributed by atoms with E-state index in [1.807, 2.05) is 11.8 Å². The van der Waals surface area contributed by atoms with Crippen LogP contribution in [0.1, 0.15) is 26.2 Å². The molecular weight excluding hydrogens is 194 g/mol. The van der Waals surface area contributed by atoms with Crippen molar-refractivity contribution >= 4 is 11.8 Å². The van der Waals surface area contributed by atoms with E-state index in [1.165, 1.54) is 38.1 Å². The quantitative estimate of drug-likeness (QED) is 0.660. The first kappa shape index (κ1) is 12.3. The summed E-state index contributed by atoms with van der Waals surface area (Å²) < 4.78 is 5.59. The minimum Gasteiger partial charge on any atom is -0.381 e. The van der Waals surface area contributed by atoms with Gasteiger partial charge in [-0.3, -0.25) is 0 Å². The molecule has 1 fully saturated rings. The molecular formula is C11H23NOS. The standard InChI is InChI=1S/C11H23NOS/c1-2-14-9-8-13-7-5-11-4-3-6-12-10-11/h11-12H,2-10H2,1H3. The van der Waals surface area contributed by atoms with Crippen molar-refractivity contribution in [3.05, 3.63) is 0 Å². The Morgan fingerprint density at radius 3 is 3.07 bits per heavy atom. The van der Waals surface area contributed by atoms with Crippen molar-refractivity contribution in [3.8, 4) is 0 Å². The van der Waals surface area contributed by atoms with Crippen molar-refractivity contribution in [2.24, 2.45) is 5.92 Å². The number of ether oxygens (including phenoxy) is 1. The summed E-state index contributed by atoms with van der Waals surface area (Å²) in [6.07, 6.45) is 3.97. The normalized spacial score (nSPS) is 22.5. The third-order valence-electron chi connectivity index (χ3n) is 2.65. The fourth-order valence-corrected chi connectivity index (χ4v) is 2.31. The van der Waals surface area contributed by atoms with Crippen molar-refractivity contribution in [3.63, 3.8) is 0 Å². The third-order valence-corrected chi connectivity index (χ3v) is 3.51. The monoisotopic (exact) mass is 217 g/mol. The zero-order valence-electron chi connectivity index (χ0n) is 9.26. The van der Waals surface area contributed by atoms with E-state index in [1.54, 1.807) is 0 Å². The number of hydrogen-bond donors (Lipinski definition) is 1. The van der Waals surface area contributed by atoms with Crippen LogP contribution in [0.5, 0.6) is 0 Å². The zero-order chi connectivity index (χ0) is 10.1. The average molecular weight is 217 g/mol. The SMILES string of the molecule is CCSCCOCCC1CCCNC1. The molecule has 84 valence electrons. The van der Waals surface area contributed by atoms with Crippen molar-refractivity contribution in [1.82, 2.24) is 5.32 Å². The second-order valence-electron chi connectivity index (χ2n) is 3.81. The van der Waals surface area contributed by atoms with E-state index in [0.29, 0.717) is 0 Å². The van der Waals surface area contributed by atoms with Gasteiger partial charge in [-0.1, -0.05) is 6.92 Å². The van der Waals surface area contributed by atoms with Crippen LogP contribution in [-0.2, 0) is 4.74 Å². The molecule has 1 rings (SSSR count). The minimum atomic E-state index is 0.863. The van der Waals surface area contributed by atoms with Crippen LogP contribution in [0.25, 0.3) is 0 Å². The first-order chi connectivity index (χ1) is 6.93. The zero-order valence-corrected chi connectivity index (χ0v) is 10.1. The predicted octanol–water partition coefficient (Wildman–Crippen LogP) is 2.15. The molecule has 0 bridgehead atoms.